The lowest BCUT2D eigenvalue weighted by Gasteiger charge is -2.13. The maximum absolute atomic E-state index is 12.7. The number of hydrogen-bond donors (Lipinski definition) is 1. The normalized spacial score (nSPS) is 10.5. The van der Waals surface area contributed by atoms with Crippen LogP contribution in [0.4, 0.5) is 5.69 Å². The van der Waals surface area contributed by atoms with Crippen LogP contribution in [0.2, 0.25) is 5.02 Å². The molecule has 26 heavy (non-hydrogen) atoms. The van der Waals surface area contributed by atoms with Crippen LogP contribution in [0.1, 0.15) is 10.5 Å². The van der Waals surface area contributed by atoms with Gasteiger partial charge < -0.3 is 19.5 Å². The van der Waals surface area contributed by atoms with E-state index in [1.165, 1.54) is 21.3 Å². The third-order valence-electron chi connectivity index (χ3n) is 3.85. The highest BCUT2D eigenvalue weighted by Crippen LogP contribution is 2.36. The smallest absolute Gasteiger partial charge is 0.274 e. The number of carbonyl (C=O) groups is 1. The Morgan fingerprint density at radius 2 is 1.73 bits per heavy atom. The maximum Gasteiger partial charge on any atom is 0.274 e. The lowest BCUT2D eigenvalue weighted by atomic mass is 10.1. The zero-order valence-electron chi connectivity index (χ0n) is 14.5. The third-order valence-corrected chi connectivity index (χ3v) is 4.15. The van der Waals surface area contributed by atoms with Crippen LogP contribution in [-0.4, -0.2) is 32.2 Å². The summed E-state index contributed by atoms with van der Waals surface area (Å²) in [6, 6.07) is 12.4. The van der Waals surface area contributed by atoms with E-state index in [1.807, 2.05) is 24.3 Å². The minimum atomic E-state index is -0.406. The highest BCUT2D eigenvalue weighted by molar-refractivity contribution is 6.32. The van der Waals surface area contributed by atoms with Crippen LogP contribution < -0.4 is 19.5 Å². The Balaban J connectivity index is 1.99. The summed E-state index contributed by atoms with van der Waals surface area (Å²) in [5.41, 5.74) is 0.643. The van der Waals surface area contributed by atoms with E-state index in [2.05, 4.69) is 10.3 Å². The van der Waals surface area contributed by atoms with Crippen LogP contribution in [0.15, 0.2) is 42.5 Å². The number of pyridine rings is 1. The molecule has 0 aliphatic carbocycles. The Hall–Kier alpha value is -2.99. The molecule has 0 saturated carbocycles. The van der Waals surface area contributed by atoms with Crippen molar-refractivity contribution in [2.45, 2.75) is 0 Å². The first-order valence-electron chi connectivity index (χ1n) is 7.74. The molecule has 1 N–H and O–H groups in total. The highest BCUT2D eigenvalue weighted by Gasteiger charge is 2.16. The van der Waals surface area contributed by atoms with Gasteiger partial charge in [0.1, 0.15) is 17.2 Å². The van der Waals surface area contributed by atoms with Crippen LogP contribution >= 0.6 is 11.6 Å². The lowest BCUT2D eigenvalue weighted by molar-refractivity contribution is 0.102. The number of benzene rings is 2. The first kappa shape index (κ1) is 17.8. The van der Waals surface area contributed by atoms with Gasteiger partial charge in [0.25, 0.3) is 5.91 Å². The van der Waals surface area contributed by atoms with Crippen molar-refractivity contribution in [2.24, 2.45) is 0 Å². The molecule has 0 aliphatic rings. The second kappa shape index (κ2) is 7.49. The molecule has 7 heteroatoms. The molecule has 0 unspecified atom stereocenters. The predicted molar refractivity (Wildman–Crippen MR) is 101 cm³/mol. The van der Waals surface area contributed by atoms with Crippen molar-refractivity contribution in [3.63, 3.8) is 0 Å². The highest BCUT2D eigenvalue weighted by atomic mass is 35.5. The lowest BCUT2D eigenvalue weighted by Crippen LogP contribution is -2.15. The molecule has 0 saturated heterocycles. The first-order valence-corrected chi connectivity index (χ1v) is 8.11. The molecule has 0 bridgehead atoms. The van der Waals surface area contributed by atoms with E-state index in [9.17, 15) is 4.79 Å². The van der Waals surface area contributed by atoms with Crippen molar-refractivity contribution in [3.05, 3.63) is 53.2 Å². The van der Waals surface area contributed by atoms with Crippen molar-refractivity contribution in [2.75, 3.05) is 26.6 Å². The van der Waals surface area contributed by atoms with Gasteiger partial charge in [-0.25, -0.2) is 4.98 Å². The summed E-state index contributed by atoms with van der Waals surface area (Å²) >= 11 is 6.09. The number of amides is 1. The van der Waals surface area contributed by atoms with E-state index in [-0.39, 0.29) is 5.69 Å². The van der Waals surface area contributed by atoms with Crippen LogP contribution in [0.25, 0.3) is 10.8 Å². The number of nitrogens with one attached hydrogen (secondary N) is 1. The van der Waals surface area contributed by atoms with E-state index in [4.69, 9.17) is 25.8 Å². The number of nitrogens with zero attached hydrogens (tertiary/aromatic N) is 1. The Morgan fingerprint density at radius 3 is 2.42 bits per heavy atom. The average molecular weight is 373 g/mol. The van der Waals surface area contributed by atoms with Gasteiger partial charge in [-0.05, 0) is 17.5 Å². The van der Waals surface area contributed by atoms with Gasteiger partial charge in [0.2, 0.25) is 5.88 Å². The predicted octanol–water partition coefficient (Wildman–Crippen LogP) is 4.17. The molecule has 2 aromatic carbocycles. The molecule has 1 amide bonds. The number of methoxy groups -OCH3 is 3. The number of rotatable bonds is 5. The Kier molecular flexibility index (Phi) is 5.14. The van der Waals surface area contributed by atoms with Crippen molar-refractivity contribution < 1.29 is 19.0 Å². The maximum atomic E-state index is 12.7. The number of hydrogen-bond acceptors (Lipinski definition) is 5. The molecular formula is C19H17ClN2O4. The summed E-state index contributed by atoms with van der Waals surface area (Å²) < 4.78 is 15.8. The molecule has 1 heterocycles. The second-order valence-electron chi connectivity index (χ2n) is 5.38. The van der Waals surface area contributed by atoms with E-state index in [1.54, 1.807) is 18.2 Å². The zero-order chi connectivity index (χ0) is 18.7. The SMILES string of the molecule is COc1cc(NC(=O)c2cc3ccccc3c(OC)n2)c(OC)cc1Cl. The summed E-state index contributed by atoms with van der Waals surface area (Å²) in [5, 5.41) is 4.84. The number of ether oxygens (including phenoxy) is 3. The van der Waals surface area contributed by atoms with Crippen molar-refractivity contribution in [1.29, 1.82) is 0 Å². The Morgan fingerprint density at radius 1 is 1.00 bits per heavy atom. The number of aromatic nitrogens is 1. The molecule has 134 valence electrons. The van der Waals surface area contributed by atoms with Crippen LogP contribution in [0, 0.1) is 0 Å². The monoisotopic (exact) mass is 372 g/mol. The fourth-order valence-corrected chi connectivity index (χ4v) is 2.81. The van der Waals surface area contributed by atoms with Gasteiger partial charge >= 0.3 is 0 Å². The first-order chi connectivity index (χ1) is 12.6. The van der Waals surface area contributed by atoms with Crippen molar-refractivity contribution in [3.8, 4) is 17.4 Å². The van der Waals surface area contributed by atoms with E-state index >= 15 is 0 Å². The molecule has 0 fully saturated rings. The molecular weight excluding hydrogens is 356 g/mol. The third kappa shape index (κ3) is 3.36. The number of fused-ring (bicyclic) bond motifs is 1. The van der Waals surface area contributed by atoms with Crippen LogP contribution in [-0.2, 0) is 0 Å². The molecule has 0 aliphatic heterocycles. The number of carbonyl (C=O) groups excluding carboxylic acids is 1. The quantitative estimate of drug-likeness (QED) is 0.728. The van der Waals surface area contributed by atoms with E-state index in [0.29, 0.717) is 28.1 Å². The number of halogens is 1. The topological polar surface area (TPSA) is 69.7 Å². The molecule has 0 radical (unpaired) electrons. The van der Waals surface area contributed by atoms with Crippen molar-refractivity contribution in [1.82, 2.24) is 4.98 Å². The number of anilines is 1. The Labute approximate surface area is 155 Å². The standard InChI is InChI=1S/C19H17ClN2O4/c1-24-16-10-14(17(25-2)9-13(16)20)21-18(23)15-8-11-6-4-5-7-12(11)19(22-15)26-3/h4-10H,1-3H3,(H,21,23). The van der Waals surface area contributed by atoms with E-state index < -0.39 is 5.91 Å². The summed E-state index contributed by atoms with van der Waals surface area (Å²) in [6.45, 7) is 0. The summed E-state index contributed by atoms with van der Waals surface area (Å²) in [4.78, 5) is 17.0. The van der Waals surface area contributed by atoms with Gasteiger partial charge in [0.05, 0.1) is 32.0 Å². The molecule has 0 spiro atoms. The summed E-state index contributed by atoms with van der Waals surface area (Å²) in [5.74, 6) is 0.814. The van der Waals surface area contributed by atoms with Crippen molar-refractivity contribution >= 4 is 34.0 Å². The van der Waals surface area contributed by atoms with Gasteiger partial charge in [0, 0.05) is 17.5 Å². The molecule has 6 nitrogen and oxygen atoms in total. The fourth-order valence-electron chi connectivity index (χ4n) is 2.58. The minimum Gasteiger partial charge on any atom is -0.495 e. The molecule has 1 aromatic heterocycles. The van der Waals surface area contributed by atoms with E-state index in [0.717, 1.165) is 10.8 Å². The Bertz CT molecular complexity index is 975. The van der Waals surface area contributed by atoms with Gasteiger partial charge in [-0.2, -0.15) is 0 Å². The van der Waals surface area contributed by atoms with Gasteiger partial charge in [0.15, 0.2) is 0 Å². The largest absolute Gasteiger partial charge is 0.495 e. The van der Waals surface area contributed by atoms with Crippen LogP contribution in [0.5, 0.6) is 17.4 Å². The zero-order valence-corrected chi connectivity index (χ0v) is 15.3. The van der Waals surface area contributed by atoms with Gasteiger partial charge in [-0.15, -0.1) is 0 Å². The second-order valence-corrected chi connectivity index (χ2v) is 5.79. The summed E-state index contributed by atoms with van der Waals surface area (Å²) in [7, 11) is 4.50. The summed E-state index contributed by atoms with van der Waals surface area (Å²) in [6.07, 6.45) is 0. The van der Waals surface area contributed by atoms with Gasteiger partial charge in [-0.1, -0.05) is 29.8 Å². The van der Waals surface area contributed by atoms with Gasteiger partial charge in [-0.3, -0.25) is 4.79 Å². The minimum absolute atomic E-state index is 0.219. The van der Waals surface area contributed by atoms with Crippen LogP contribution in [0.3, 0.4) is 0 Å². The average Bonchev–Trinajstić information content (AvgIpc) is 2.67. The fraction of sp³-hybridized carbons (Fsp3) is 0.158. The molecule has 0 atom stereocenters. The molecule has 3 aromatic rings. The molecule has 3 rings (SSSR count).